The summed E-state index contributed by atoms with van der Waals surface area (Å²) in [6.07, 6.45) is 5.13. The third kappa shape index (κ3) is 2.53. The van der Waals surface area contributed by atoms with Gasteiger partial charge in [0.05, 0.1) is 11.6 Å². The summed E-state index contributed by atoms with van der Waals surface area (Å²) in [7, 11) is 0. The molecule has 1 aromatic rings. The topological polar surface area (TPSA) is 39.9 Å². The molecule has 4 heteroatoms. The first-order chi connectivity index (χ1) is 8.26. The van der Waals surface area contributed by atoms with E-state index in [0.29, 0.717) is 16.8 Å². The van der Waals surface area contributed by atoms with Crippen LogP contribution in [-0.4, -0.2) is 17.6 Å². The fraction of sp³-hybridized carbons (Fsp3) is 0.538. The zero-order valence-corrected chi connectivity index (χ0v) is 10.3. The molecule has 1 heterocycles. The molecule has 1 aromatic heterocycles. The van der Waals surface area contributed by atoms with Crippen LogP contribution in [0.1, 0.15) is 31.2 Å². The smallest absolute Gasteiger partial charge is 0.132 e. The van der Waals surface area contributed by atoms with Crippen molar-refractivity contribution in [2.75, 3.05) is 11.4 Å². The average molecular weight is 248 g/mol. The van der Waals surface area contributed by atoms with Crippen LogP contribution in [0, 0.1) is 17.2 Å². The highest BCUT2D eigenvalue weighted by Gasteiger charge is 2.34. The highest BCUT2D eigenvalue weighted by atomic mass is 35.5. The third-order valence-electron chi connectivity index (χ3n) is 3.34. The predicted molar refractivity (Wildman–Crippen MR) is 67.1 cm³/mol. The molecule has 2 aliphatic carbocycles. The summed E-state index contributed by atoms with van der Waals surface area (Å²) in [6.45, 7) is 1.07. The Morgan fingerprint density at radius 2 is 2.12 bits per heavy atom. The molecule has 0 amide bonds. The number of anilines is 1. The van der Waals surface area contributed by atoms with E-state index in [-0.39, 0.29) is 0 Å². The van der Waals surface area contributed by atoms with E-state index in [9.17, 15) is 0 Å². The molecule has 0 bridgehead atoms. The molecular formula is C13H14ClN3. The predicted octanol–water partition coefficient (Wildman–Crippen LogP) is 2.99. The van der Waals surface area contributed by atoms with Crippen molar-refractivity contribution < 1.29 is 0 Å². The van der Waals surface area contributed by atoms with Crippen LogP contribution in [0.15, 0.2) is 12.1 Å². The molecule has 2 fully saturated rings. The van der Waals surface area contributed by atoms with Crippen LogP contribution < -0.4 is 4.90 Å². The molecule has 88 valence electrons. The Morgan fingerprint density at radius 3 is 2.71 bits per heavy atom. The van der Waals surface area contributed by atoms with Gasteiger partial charge in [0, 0.05) is 12.6 Å². The Bertz CT molecular complexity index is 472. The van der Waals surface area contributed by atoms with E-state index in [1.54, 1.807) is 6.07 Å². The minimum Gasteiger partial charge on any atom is -0.353 e. The van der Waals surface area contributed by atoms with Gasteiger partial charge in [-0.05, 0) is 43.7 Å². The molecule has 3 rings (SSSR count). The van der Waals surface area contributed by atoms with Crippen molar-refractivity contribution in [3.8, 4) is 6.07 Å². The van der Waals surface area contributed by atoms with Crippen LogP contribution in [0.2, 0.25) is 5.15 Å². The van der Waals surface area contributed by atoms with E-state index < -0.39 is 0 Å². The highest BCUT2D eigenvalue weighted by Crippen LogP contribution is 2.37. The number of rotatable bonds is 4. The Labute approximate surface area is 106 Å². The number of pyridine rings is 1. The lowest BCUT2D eigenvalue weighted by Gasteiger charge is -2.23. The van der Waals surface area contributed by atoms with Gasteiger partial charge in [-0.15, -0.1) is 0 Å². The standard InChI is InChI=1S/C13H14ClN3/c14-12-5-10(7-15)6-13(16-12)17(11-3-4-11)8-9-1-2-9/h5-6,9,11H,1-4,8H2. The largest absolute Gasteiger partial charge is 0.353 e. The third-order valence-corrected chi connectivity index (χ3v) is 3.54. The monoisotopic (exact) mass is 247 g/mol. The number of hydrogen-bond donors (Lipinski definition) is 0. The van der Waals surface area contributed by atoms with Gasteiger partial charge in [0.25, 0.3) is 0 Å². The van der Waals surface area contributed by atoms with Gasteiger partial charge in [0.2, 0.25) is 0 Å². The van der Waals surface area contributed by atoms with Gasteiger partial charge in [-0.1, -0.05) is 11.6 Å². The van der Waals surface area contributed by atoms with Gasteiger partial charge in [0.15, 0.2) is 0 Å². The second kappa shape index (κ2) is 4.19. The number of hydrogen-bond acceptors (Lipinski definition) is 3. The van der Waals surface area contributed by atoms with E-state index in [0.717, 1.165) is 18.3 Å². The van der Waals surface area contributed by atoms with Gasteiger partial charge in [0.1, 0.15) is 11.0 Å². The lowest BCUT2D eigenvalue weighted by Crippen LogP contribution is -2.29. The van der Waals surface area contributed by atoms with Crippen molar-refractivity contribution in [2.45, 2.75) is 31.7 Å². The molecule has 17 heavy (non-hydrogen) atoms. The van der Waals surface area contributed by atoms with Crippen molar-refractivity contribution in [1.29, 1.82) is 5.26 Å². The van der Waals surface area contributed by atoms with Crippen LogP contribution in [0.4, 0.5) is 5.82 Å². The van der Waals surface area contributed by atoms with Crippen LogP contribution in [0.5, 0.6) is 0 Å². The summed E-state index contributed by atoms with van der Waals surface area (Å²) in [5.41, 5.74) is 0.599. The molecule has 0 aromatic carbocycles. The van der Waals surface area contributed by atoms with Crippen LogP contribution >= 0.6 is 11.6 Å². The first-order valence-corrected chi connectivity index (χ1v) is 6.48. The summed E-state index contributed by atoms with van der Waals surface area (Å²) in [5.74, 6) is 1.70. The minimum absolute atomic E-state index is 0.417. The van der Waals surface area contributed by atoms with Crippen molar-refractivity contribution in [3.05, 3.63) is 22.8 Å². The van der Waals surface area contributed by atoms with Crippen molar-refractivity contribution >= 4 is 17.4 Å². The Hall–Kier alpha value is -1.27. The molecule has 0 aliphatic heterocycles. The van der Waals surface area contributed by atoms with Crippen molar-refractivity contribution in [1.82, 2.24) is 4.98 Å². The summed E-state index contributed by atoms with van der Waals surface area (Å²) in [4.78, 5) is 6.70. The molecule has 0 saturated heterocycles. The zero-order chi connectivity index (χ0) is 11.8. The number of nitriles is 1. The van der Waals surface area contributed by atoms with Crippen molar-refractivity contribution in [3.63, 3.8) is 0 Å². The molecule has 0 N–H and O–H groups in total. The lowest BCUT2D eigenvalue weighted by atomic mass is 10.2. The zero-order valence-electron chi connectivity index (χ0n) is 9.56. The second-order valence-corrected chi connectivity index (χ2v) is 5.36. The number of nitrogens with zero attached hydrogens (tertiary/aromatic N) is 3. The van der Waals surface area contributed by atoms with Gasteiger partial charge >= 0.3 is 0 Å². The number of halogens is 1. The summed E-state index contributed by atoms with van der Waals surface area (Å²) >= 11 is 5.96. The van der Waals surface area contributed by atoms with Crippen LogP contribution in [0.3, 0.4) is 0 Å². The molecule has 0 unspecified atom stereocenters. The first-order valence-electron chi connectivity index (χ1n) is 6.10. The van der Waals surface area contributed by atoms with E-state index >= 15 is 0 Å². The van der Waals surface area contributed by atoms with E-state index in [1.165, 1.54) is 25.7 Å². The molecule has 2 aliphatic rings. The number of aromatic nitrogens is 1. The van der Waals surface area contributed by atoms with Crippen LogP contribution in [-0.2, 0) is 0 Å². The Balaban J connectivity index is 1.88. The van der Waals surface area contributed by atoms with Gasteiger partial charge in [-0.2, -0.15) is 5.26 Å². The molecule has 0 spiro atoms. The fourth-order valence-corrected chi connectivity index (χ4v) is 2.29. The van der Waals surface area contributed by atoms with Gasteiger partial charge in [-0.25, -0.2) is 4.98 Å². The molecular weight excluding hydrogens is 234 g/mol. The fourth-order valence-electron chi connectivity index (χ4n) is 2.09. The normalized spacial score (nSPS) is 18.8. The van der Waals surface area contributed by atoms with E-state index in [4.69, 9.17) is 16.9 Å². The summed E-state index contributed by atoms with van der Waals surface area (Å²) in [6, 6.07) is 6.23. The van der Waals surface area contributed by atoms with Gasteiger partial charge in [-0.3, -0.25) is 0 Å². The second-order valence-electron chi connectivity index (χ2n) is 4.98. The maximum atomic E-state index is 8.96. The highest BCUT2D eigenvalue weighted by molar-refractivity contribution is 6.29. The summed E-state index contributed by atoms with van der Waals surface area (Å²) in [5, 5.41) is 9.38. The van der Waals surface area contributed by atoms with Crippen LogP contribution in [0.25, 0.3) is 0 Å². The molecule has 3 nitrogen and oxygen atoms in total. The lowest BCUT2D eigenvalue weighted by molar-refractivity contribution is 0.709. The Kier molecular flexibility index (Phi) is 2.68. The maximum Gasteiger partial charge on any atom is 0.132 e. The van der Waals surface area contributed by atoms with Gasteiger partial charge < -0.3 is 4.90 Å². The minimum atomic E-state index is 0.417. The maximum absolute atomic E-state index is 8.96. The summed E-state index contributed by atoms with van der Waals surface area (Å²) < 4.78 is 0. The molecule has 0 atom stereocenters. The Morgan fingerprint density at radius 1 is 1.35 bits per heavy atom. The van der Waals surface area contributed by atoms with Crippen molar-refractivity contribution in [2.24, 2.45) is 5.92 Å². The van der Waals surface area contributed by atoms with E-state index in [1.807, 2.05) is 6.07 Å². The van der Waals surface area contributed by atoms with E-state index in [2.05, 4.69) is 16.0 Å². The average Bonchev–Trinajstić information content (AvgIpc) is 3.16. The first kappa shape index (κ1) is 10.9. The molecule has 0 radical (unpaired) electrons. The SMILES string of the molecule is N#Cc1cc(Cl)nc(N(CC2CC2)C2CC2)c1. The molecule has 2 saturated carbocycles. The quantitative estimate of drug-likeness (QED) is 0.768.